The molecule has 8 nitrogen and oxygen atoms in total. The lowest BCUT2D eigenvalue weighted by molar-refractivity contribution is -0.123. The average Bonchev–Trinajstić information content (AvgIpc) is 3.16. The molecule has 2 aliphatic heterocycles. The number of nitrogens with zero attached hydrogens (tertiary/aromatic N) is 3. The maximum absolute atomic E-state index is 12.8. The van der Waals surface area contributed by atoms with Crippen LogP contribution < -0.4 is 5.73 Å². The van der Waals surface area contributed by atoms with Crippen LogP contribution in [0.2, 0.25) is 0 Å². The van der Waals surface area contributed by atoms with Crippen LogP contribution in [0.25, 0.3) is 0 Å². The van der Waals surface area contributed by atoms with Gasteiger partial charge in [-0.15, -0.1) is 11.3 Å². The van der Waals surface area contributed by atoms with Crippen LogP contribution >= 0.6 is 11.3 Å². The topological polar surface area (TPSA) is 106 Å². The Labute approximate surface area is 175 Å². The van der Waals surface area contributed by atoms with Gasteiger partial charge in [-0.25, -0.2) is 9.78 Å². The van der Waals surface area contributed by atoms with Crippen LogP contribution in [-0.4, -0.2) is 64.5 Å². The molecule has 2 fully saturated rings. The number of rotatable bonds is 3. The zero-order valence-corrected chi connectivity index (χ0v) is 18.2. The minimum atomic E-state index is -0.500. The Kier molecular flexibility index (Phi) is 6.45. The summed E-state index contributed by atoms with van der Waals surface area (Å²) in [7, 11) is 0. The summed E-state index contributed by atoms with van der Waals surface area (Å²) in [5.74, 6) is -0.522. The van der Waals surface area contributed by atoms with E-state index >= 15 is 0 Å². The summed E-state index contributed by atoms with van der Waals surface area (Å²) in [4.78, 5) is 44.5. The predicted octanol–water partition coefficient (Wildman–Crippen LogP) is 2.60. The van der Waals surface area contributed by atoms with Crippen molar-refractivity contribution >= 4 is 29.2 Å². The standard InChI is InChI=1S/C20H30N4O4S/c1-20(2,3)28-19(27)23-9-6-13(7-10-23)17-22-15(12-29-17)18(26)24-8-4-5-14(11-24)16(21)25/h12-14H,4-11H2,1-3H3,(H2,21,25). The lowest BCUT2D eigenvalue weighted by Gasteiger charge is -2.32. The summed E-state index contributed by atoms with van der Waals surface area (Å²) < 4.78 is 5.44. The van der Waals surface area contributed by atoms with Crippen LogP contribution in [0.4, 0.5) is 4.79 Å². The highest BCUT2D eigenvalue weighted by Crippen LogP contribution is 2.31. The van der Waals surface area contributed by atoms with Crippen LogP contribution in [0.15, 0.2) is 5.38 Å². The minimum absolute atomic E-state index is 0.135. The van der Waals surface area contributed by atoms with Gasteiger partial charge in [0.25, 0.3) is 5.91 Å². The number of carbonyl (C=O) groups is 3. The highest BCUT2D eigenvalue weighted by Gasteiger charge is 2.31. The van der Waals surface area contributed by atoms with Gasteiger partial charge in [0, 0.05) is 37.5 Å². The van der Waals surface area contributed by atoms with Gasteiger partial charge in [-0.3, -0.25) is 9.59 Å². The lowest BCUT2D eigenvalue weighted by atomic mass is 9.97. The molecule has 2 N–H and O–H groups in total. The Morgan fingerprint density at radius 2 is 1.83 bits per heavy atom. The molecule has 1 unspecified atom stereocenters. The normalized spacial score (nSPS) is 21.1. The quantitative estimate of drug-likeness (QED) is 0.806. The van der Waals surface area contributed by atoms with Crippen LogP contribution in [-0.2, 0) is 9.53 Å². The van der Waals surface area contributed by atoms with Crippen molar-refractivity contribution in [1.82, 2.24) is 14.8 Å². The van der Waals surface area contributed by atoms with Gasteiger partial charge >= 0.3 is 6.09 Å². The average molecular weight is 423 g/mol. The van der Waals surface area contributed by atoms with Crippen LogP contribution in [0.5, 0.6) is 0 Å². The molecule has 3 rings (SSSR count). The first-order valence-electron chi connectivity index (χ1n) is 10.2. The SMILES string of the molecule is CC(C)(C)OC(=O)N1CCC(c2nc(C(=O)N3CCCC(C(N)=O)C3)cs2)CC1. The maximum atomic E-state index is 12.8. The van der Waals surface area contributed by atoms with Crippen molar-refractivity contribution < 1.29 is 19.1 Å². The van der Waals surface area contributed by atoms with Crippen molar-refractivity contribution in [3.8, 4) is 0 Å². The number of thiazole rings is 1. The minimum Gasteiger partial charge on any atom is -0.444 e. The molecule has 0 aromatic carbocycles. The van der Waals surface area contributed by atoms with Gasteiger partial charge in [-0.05, 0) is 46.5 Å². The molecule has 160 valence electrons. The molecular weight excluding hydrogens is 392 g/mol. The number of hydrogen-bond donors (Lipinski definition) is 1. The fourth-order valence-electron chi connectivity index (χ4n) is 3.76. The maximum Gasteiger partial charge on any atom is 0.410 e. The van der Waals surface area contributed by atoms with Crippen molar-refractivity contribution in [2.75, 3.05) is 26.2 Å². The first-order chi connectivity index (χ1) is 13.6. The lowest BCUT2D eigenvalue weighted by Crippen LogP contribution is -2.44. The highest BCUT2D eigenvalue weighted by molar-refractivity contribution is 7.09. The van der Waals surface area contributed by atoms with E-state index in [1.807, 2.05) is 20.8 Å². The molecule has 1 atom stereocenters. The van der Waals surface area contributed by atoms with Gasteiger partial charge in [-0.1, -0.05) is 0 Å². The Hall–Kier alpha value is -2.16. The van der Waals surface area contributed by atoms with Gasteiger partial charge in [0.15, 0.2) is 0 Å². The third-order valence-corrected chi connectivity index (χ3v) is 6.36. The summed E-state index contributed by atoms with van der Waals surface area (Å²) in [5.41, 5.74) is 5.34. The van der Waals surface area contributed by atoms with Gasteiger partial charge < -0.3 is 20.3 Å². The van der Waals surface area contributed by atoms with Crippen LogP contribution in [0.1, 0.15) is 67.9 Å². The van der Waals surface area contributed by atoms with Gasteiger partial charge in [0.1, 0.15) is 11.3 Å². The molecule has 0 saturated carbocycles. The highest BCUT2D eigenvalue weighted by atomic mass is 32.1. The van der Waals surface area contributed by atoms with E-state index in [4.69, 9.17) is 10.5 Å². The van der Waals surface area contributed by atoms with E-state index < -0.39 is 5.60 Å². The number of primary amides is 1. The molecule has 2 saturated heterocycles. The molecule has 1 aromatic rings. The molecule has 0 aliphatic carbocycles. The van der Waals surface area contributed by atoms with Crippen molar-refractivity contribution in [3.05, 3.63) is 16.1 Å². The summed E-state index contributed by atoms with van der Waals surface area (Å²) in [5, 5.41) is 2.73. The number of ether oxygens (including phenoxy) is 1. The third kappa shape index (κ3) is 5.46. The molecule has 3 amide bonds. The molecule has 0 bridgehead atoms. The summed E-state index contributed by atoms with van der Waals surface area (Å²) in [6.07, 6.45) is 2.83. The molecule has 0 spiro atoms. The summed E-state index contributed by atoms with van der Waals surface area (Å²) in [6.45, 7) is 7.82. The van der Waals surface area contributed by atoms with Crippen LogP contribution in [0, 0.1) is 5.92 Å². The Morgan fingerprint density at radius 3 is 2.45 bits per heavy atom. The van der Waals surface area contributed by atoms with Gasteiger partial charge in [0.05, 0.1) is 10.9 Å². The number of piperidine rings is 2. The Morgan fingerprint density at radius 1 is 1.14 bits per heavy atom. The number of likely N-dealkylation sites (tertiary alicyclic amines) is 2. The molecule has 0 radical (unpaired) electrons. The number of aromatic nitrogens is 1. The third-order valence-electron chi connectivity index (χ3n) is 5.35. The monoisotopic (exact) mass is 422 g/mol. The van der Waals surface area contributed by atoms with E-state index in [9.17, 15) is 14.4 Å². The first kappa shape index (κ1) is 21.5. The van der Waals surface area contributed by atoms with E-state index in [0.29, 0.717) is 31.9 Å². The van der Waals surface area contributed by atoms with Crippen LogP contribution in [0.3, 0.4) is 0 Å². The summed E-state index contributed by atoms with van der Waals surface area (Å²) >= 11 is 1.49. The van der Waals surface area contributed by atoms with E-state index in [2.05, 4.69) is 4.98 Å². The smallest absolute Gasteiger partial charge is 0.410 e. The van der Waals surface area contributed by atoms with Crippen molar-refractivity contribution in [2.24, 2.45) is 11.7 Å². The van der Waals surface area contributed by atoms with E-state index in [0.717, 1.165) is 30.7 Å². The van der Waals surface area contributed by atoms with E-state index in [-0.39, 0.29) is 29.7 Å². The number of amides is 3. The summed E-state index contributed by atoms with van der Waals surface area (Å²) in [6, 6.07) is 0. The first-order valence-corrected chi connectivity index (χ1v) is 11.0. The van der Waals surface area contributed by atoms with E-state index in [1.165, 1.54) is 11.3 Å². The molecular formula is C20H30N4O4S. The van der Waals surface area contributed by atoms with Gasteiger partial charge in [-0.2, -0.15) is 0 Å². The van der Waals surface area contributed by atoms with Crippen molar-refractivity contribution in [3.63, 3.8) is 0 Å². The zero-order chi connectivity index (χ0) is 21.2. The second-order valence-electron chi connectivity index (χ2n) is 8.81. The fraction of sp³-hybridized carbons (Fsp3) is 0.700. The Bertz CT molecular complexity index is 765. The second kappa shape index (κ2) is 8.69. The molecule has 2 aliphatic rings. The number of nitrogens with two attached hydrogens (primary N) is 1. The second-order valence-corrected chi connectivity index (χ2v) is 9.70. The molecule has 29 heavy (non-hydrogen) atoms. The largest absolute Gasteiger partial charge is 0.444 e. The predicted molar refractivity (Wildman–Crippen MR) is 110 cm³/mol. The van der Waals surface area contributed by atoms with Gasteiger partial charge in [0.2, 0.25) is 5.91 Å². The van der Waals surface area contributed by atoms with Crippen molar-refractivity contribution in [2.45, 2.75) is 58.0 Å². The fourth-order valence-corrected chi connectivity index (χ4v) is 4.73. The molecule has 1 aromatic heterocycles. The molecule has 9 heteroatoms. The Balaban J connectivity index is 1.56. The molecule has 3 heterocycles. The number of carbonyl (C=O) groups excluding carboxylic acids is 3. The zero-order valence-electron chi connectivity index (χ0n) is 17.3. The number of hydrogen-bond acceptors (Lipinski definition) is 6. The van der Waals surface area contributed by atoms with Crippen molar-refractivity contribution in [1.29, 1.82) is 0 Å². The van der Waals surface area contributed by atoms with E-state index in [1.54, 1.807) is 15.2 Å².